The summed E-state index contributed by atoms with van der Waals surface area (Å²) in [6, 6.07) is 14.0. The highest BCUT2D eigenvalue weighted by molar-refractivity contribution is 5.79. The van der Waals surface area contributed by atoms with Gasteiger partial charge in [-0.2, -0.15) is 0 Å². The molecule has 0 unspecified atom stereocenters. The second-order valence-corrected chi connectivity index (χ2v) is 6.23. The van der Waals surface area contributed by atoms with Crippen molar-refractivity contribution in [3.63, 3.8) is 0 Å². The van der Waals surface area contributed by atoms with E-state index in [1.54, 1.807) is 17.0 Å². The van der Waals surface area contributed by atoms with E-state index >= 15 is 0 Å². The predicted octanol–water partition coefficient (Wildman–Crippen LogP) is 2.04. The van der Waals surface area contributed by atoms with E-state index in [0.29, 0.717) is 19.6 Å². The Labute approximate surface area is 151 Å². The molecule has 0 bridgehead atoms. The van der Waals surface area contributed by atoms with Gasteiger partial charge in [-0.25, -0.2) is 4.39 Å². The Kier molecular flexibility index (Phi) is 5.96. The Morgan fingerprint density at radius 1 is 1.04 bits per heavy atom. The number of amides is 2. The van der Waals surface area contributed by atoms with Crippen LogP contribution in [0.3, 0.4) is 0 Å². The molecule has 3 rings (SSSR count). The van der Waals surface area contributed by atoms with Gasteiger partial charge < -0.3 is 15.0 Å². The fourth-order valence-electron chi connectivity index (χ4n) is 2.88. The Bertz CT molecular complexity index is 777. The molecule has 2 aromatic rings. The molecular formula is C20H21FN2O3. The van der Waals surface area contributed by atoms with E-state index in [1.807, 2.05) is 18.2 Å². The summed E-state index contributed by atoms with van der Waals surface area (Å²) in [7, 11) is 0. The molecule has 0 aromatic heterocycles. The number of carbonyl (C=O) groups is 2. The molecule has 0 fully saturated rings. The number of fused-ring (bicyclic) bond motifs is 1. The van der Waals surface area contributed by atoms with E-state index in [2.05, 4.69) is 11.4 Å². The quantitative estimate of drug-likeness (QED) is 0.862. The monoisotopic (exact) mass is 356 g/mol. The molecule has 1 aliphatic rings. The molecule has 0 atom stereocenters. The molecular weight excluding hydrogens is 335 g/mol. The standard InChI is InChI=1S/C20H21FN2O3/c21-18-7-5-15(6-8-18)11-22-19(24)13-26-14-20(25)23-10-9-16-3-1-2-4-17(16)12-23/h1-8H,9-14H2,(H,22,24). The molecule has 2 aromatic carbocycles. The summed E-state index contributed by atoms with van der Waals surface area (Å²) < 4.78 is 18.1. The summed E-state index contributed by atoms with van der Waals surface area (Å²) in [6.07, 6.45) is 0.833. The molecule has 2 amide bonds. The van der Waals surface area contributed by atoms with Gasteiger partial charge >= 0.3 is 0 Å². The zero-order valence-electron chi connectivity index (χ0n) is 14.4. The first kappa shape index (κ1) is 18.1. The van der Waals surface area contributed by atoms with Crippen LogP contribution < -0.4 is 5.32 Å². The molecule has 0 spiro atoms. The topological polar surface area (TPSA) is 58.6 Å². The van der Waals surface area contributed by atoms with Gasteiger partial charge in [-0.1, -0.05) is 36.4 Å². The van der Waals surface area contributed by atoms with Crippen molar-refractivity contribution in [2.45, 2.75) is 19.5 Å². The molecule has 0 saturated heterocycles. The fourth-order valence-corrected chi connectivity index (χ4v) is 2.88. The van der Waals surface area contributed by atoms with Crippen molar-refractivity contribution in [1.82, 2.24) is 10.2 Å². The van der Waals surface area contributed by atoms with Crippen LogP contribution in [0.2, 0.25) is 0 Å². The van der Waals surface area contributed by atoms with Crippen LogP contribution in [-0.4, -0.2) is 36.5 Å². The highest BCUT2D eigenvalue weighted by atomic mass is 19.1. The first-order valence-electron chi connectivity index (χ1n) is 8.55. The third kappa shape index (κ3) is 4.89. The highest BCUT2D eigenvalue weighted by Gasteiger charge is 2.20. The van der Waals surface area contributed by atoms with Crippen LogP contribution in [0.15, 0.2) is 48.5 Å². The molecule has 0 radical (unpaired) electrons. The van der Waals surface area contributed by atoms with Crippen molar-refractivity contribution < 1.29 is 18.7 Å². The molecule has 0 saturated carbocycles. The highest BCUT2D eigenvalue weighted by Crippen LogP contribution is 2.18. The summed E-state index contributed by atoms with van der Waals surface area (Å²) in [5, 5.41) is 2.67. The molecule has 6 heteroatoms. The molecule has 0 aliphatic carbocycles. The minimum atomic E-state index is -0.317. The van der Waals surface area contributed by atoms with E-state index in [9.17, 15) is 14.0 Å². The maximum absolute atomic E-state index is 12.8. The van der Waals surface area contributed by atoms with E-state index in [-0.39, 0.29) is 30.8 Å². The normalized spacial score (nSPS) is 13.2. The maximum atomic E-state index is 12.8. The van der Waals surface area contributed by atoms with E-state index < -0.39 is 0 Å². The number of benzene rings is 2. The number of nitrogens with one attached hydrogen (secondary N) is 1. The van der Waals surface area contributed by atoms with Crippen LogP contribution in [0.4, 0.5) is 4.39 Å². The van der Waals surface area contributed by atoms with Gasteiger partial charge in [0.1, 0.15) is 19.0 Å². The van der Waals surface area contributed by atoms with Gasteiger partial charge in [0.05, 0.1) is 0 Å². The van der Waals surface area contributed by atoms with E-state index in [1.165, 1.54) is 17.7 Å². The average molecular weight is 356 g/mol. The van der Waals surface area contributed by atoms with Gasteiger partial charge in [0, 0.05) is 19.6 Å². The summed E-state index contributed by atoms with van der Waals surface area (Å²) in [5.74, 6) is -0.751. The van der Waals surface area contributed by atoms with Crippen LogP contribution in [0.5, 0.6) is 0 Å². The van der Waals surface area contributed by atoms with Crippen LogP contribution >= 0.6 is 0 Å². The van der Waals surface area contributed by atoms with Crippen LogP contribution in [0, 0.1) is 5.82 Å². The minimum Gasteiger partial charge on any atom is -0.362 e. The van der Waals surface area contributed by atoms with E-state index in [4.69, 9.17) is 4.74 Å². The van der Waals surface area contributed by atoms with E-state index in [0.717, 1.165) is 17.5 Å². The van der Waals surface area contributed by atoms with Gasteiger partial charge in [-0.3, -0.25) is 9.59 Å². The van der Waals surface area contributed by atoms with Crippen molar-refractivity contribution in [2.75, 3.05) is 19.8 Å². The summed E-state index contributed by atoms with van der Waals surface area (Å²) in [5.41, 5.74) is 3.23. The van der Waals surface area contributed by atoms with Crippen molar-refractivity contribution in [2.24, 2.45) is 0 Å². The predicted molar refractivity (Wildman–Crippen MR) is 94.6 cm³/mol. The Balaban J connectivity index is 1.37. The molecule has 5 nitrogen and oxygen atoms in total. The number of halogens is 1. The zero-order valence-corrected chi connectivity index (χ0v) is 14.4. The summed E-state index contributed by atoms with van der Waals surface area (Å²) in [4.78, 5) is 25.8. The smallest absolute Gasteiger partial charge is 0.248 e. The van der Waals surface area contributed by atoms with Gasteiger partial charge in [-0.15, -0.1) is 0 Å². The molecule has 1 heterocycles. The first-order valence-corrected chi connectivity index (χ1v) is 8.55. The van der Waals surface area contributed by atoms with Gasteiger partial charge in [0.25, 0.3) is 0 Å². The Morgan fingerprint density at radius 2 is 1.77 bits per heavy atom. The number of carbonyl (C=O) groups excluding carboxylic acids is 2. The number of hydrogen-bond donors (Lipinski definition) is 1. The maximum Gasteiger partial charge on any atom is 0.248 e. The number of rotatable bonds is 6. The van der Waals surface area contributed by atoms with Gasteiger partial charge in [-0.05, 0) is 35.2 Å². The third-order valence-corrected chi connectivity index (χ3v) is 4.34. The molecule has 1 N–H and O–H groups in total. The third-order valence-electron chi connectivity index (χ3n) is 4.34. The SMILES string of the molecule is O=C(COCC(=O)N1CCc2ccccc2C1)NCc1ccc(F)cc1. The van der Waals surface area contributed by atoms with Crippen LogP contribution in [-0.2, 0) is 33.8 Å². The lowest BCUT2D eigenvalue weighted by atomic mass is 10.00. The summed E-state index contributed by atoms with van der Waals surface area (Å²) in [6.45, 7) is 1.23. The van der Waals surface area contributed by atoms with Crippen molar-refractivity contribution in [3.05, 3.63) is 71.0 Å². The lowest BCUT2D eigenvalue weighted by Crippen LogP contribution is -2.39. The lowest BCUT2D eigenvalue weighted by molar-refractivity contribution is -0.139. The second kappa shape index (κ2) is 8.58. The minimum absolute atomic E-state index is 0.119. The number of nitrogens with zero attached hydrogens (tertiary/aromatic N) is 1. The van der Waals surface area contributed by atoms with Gasteiger partial charge in [0.2, 0.25) is 11.8 Å². The largest absolute Gasteiger partial charge is 0.362 e. The fraction of sp³-hybridized carbons (Fsp3) is 0.300. The Hall–Kier alpha value is -2.73. The second-order valence-electron chi connectivity index (χ2n) is 6.23. The van der Waals surface area contributed by atoms with Crippen molar-refractivity contribution in [3.8, 4) is 0 Å². The van der Waals surface area contributed by atoms with Crippen LogP contribution in [0.25, 0.3) is 0 Å². The Morgan fingerprint density at radius 3 is 2.54 bits per heavy atom. The lowest BCUT2D eigenvalue weighted by Gasteiger charge is -2.28. The average Bonchev–Trinajstić information content (AvgIpc) is 2.67. The van der Waals surface area contributed by atoms with Crippen molar-refractivity contribution in [1.29, 1.82) is 0 Å². The molecule has 1 aliphatic heterocycles. The molecule has 136 valence electrons. The molecule has 26 heavy (non-hydrogen) atoms. The summed E-state index contributed by atoms with van der Waals surface area (Å²) >= 11 is 0. The van der Waals surface area contributed by atoms with Crippen LogP contribution in [0.1, 0.15) is 16.7 Å². The van der Waals surface area contributed by atoms with Gasteiger partial charge in [0.15, 0.2) is 0 Å². The zero-order chi connectivity index (χ0) is 18.4. The van der Waals surface area contributed by atoms with Crippen molar-refractivity contribution >= 4 is 11.8 Å². The first-order chi connectivity index (χ1) is 12.6. The number of hydrogen-bond acceptors (Lipinski definition) is 3. The number of ether oxygens (including phenoxy) is 1.